The molecule has 0 N–H and O–H groups in total. The van der Waals surface area contributed by atoms with E-state index in [4.69, 9.17) is 0 Å². The van der Waals surface area contributed by atoms with Crippen LogP contribution in [-0.4, -0.2) is 0 Å². The van der Waals surface area contributed by atoms with E-state index in [1.807, 2.05) is 12.1 Å². The predicted octanol–water partition coefficient (Wildman–Crippen LogP) is 9.76. The van der Waals surface area contributed by atoms with E-state index in [1.54, 1.807) is 37.3 Å². The molecule has 0 nitrogen and oxygen atoms in total. The van der Waals surface area contributed by atoms with E-state index in [2.05, 4.69) is 6.92 Å². The van der Waals surface area contributed by atoms with Crippen LogP contribution in [0, 0.1) is 23.5 Å². The molecule has 0 aromatic heterocycles. The molecule has 2 aromatic carbocycles. The van der Waals surface area contributed by atoms with E-state index in [1.165, 1.54) is 12.8 Å². The number of allylic oxidation sites excluding steroid dienone is 4. The lowest BCUT2D eigenvalue weighted by molar-refractivity contribution is 0.303. The molecule has 2 aliphatic carbocycles. The minimum Gasteiger partial charge on any atom is -0.208 e. The SMILES string of the molecule is CCCC1CCC(c2ccc(-c3ccc(CCC4=CCC(C)C(F)=C4F)cc3)c(F)c2F)CC1. The normalized spacial score (nSPS) is 23.2. The Morgan fingerprint density at radius 2 is 1.53 bits per heavy atom. The van der Waals surface area contributed by atoms with Gasteiger partial charge in [0.1, 0.15) is 5.83 Å². The number of hydrogen-bond donors (Lipinski definition) is 0. The van der Waals surface area contributed by atoms with Crippen molar-refractivity contribution in [2.75, 3.05) is 0 Å². The van der Waals surface area contributed by atoms with Crippen LogP contribution in [0.5, 0.6) is 0 Å². The largest absolute Gasteiger partial charge is 0.208 e. The van der Waals surface area contributed by atoms with Crippen LogP contribution in [-0.2, 0) is 6.42 Å². The second-order valence-corrected chi connectivity index (χ2v) is 10.1. The first-order chi connectivity index (χ1) is 16.4. The molecule has 0 bridgehead atoms. The summed E-state index contributed by atoms with van der Waals surface area (Å²) in [5.41, 5.74) is 2.73. The highest BCUT2D eigenvalue weighted by Crippen LogP contribution is 2.40. The van der Waals surface area contributed by atoms with Crippen LogP contribution in [0.3, 0.4) is 0 Å². The Hall–Kier alpha value is -2.36. The first-order valence-corrected chi connectivity index (χ1v) is 12.7. The van der Waals surface area contributed by atoms with Gasteiger partial charge in [-0.3, -0.25) is 0 Å². The third-order valence-electron chi connectivity index (χ3n) is 7.69. The van der Waals surface area contributed by atoms with Gasteiger partial charge in [-0.2, -0.15) is 0 Å². The van der Waals surface area contributed by atoms with Crippen LogP contribution in [0.2, 0.25) is 0 Å². The average Bonchev–Trinajstić information content (AvgIpc) is 2.85. The number of halogens is 4. The molecule has 0 saturated heterocycles. The van der Waals surface area contributed by atoms with Gasteiger partial charge < -0.3 is 0 Å². The summed E-state index contributed by atoms with van der Waals surface area (Å²) in [7, 11) is 0. The van der Waals surface area contributed by atoms with Crippen LogP contribution in [0.25, 0.3) is 11.1 Å². The van der Waals surface area contributed by atoms with Gasteiger partial charge in [-0.15, -0.1) is 0 Å². The van der Waals surface area contributed by atoms with Gasteiger partial charge in [0.15, 0.2) is 17.5 Å². The zero-order chi connectivity index (χ0) is 24.2. The summed E-state index contributed by atoms with van der Waals surface area (Å²) in [5, 5.41) is 0. The van der Waals surface area contributed by atoms with Crippen LogP contribution >= 0.6 is 0 Å². The molecule has 1 fully saturated rings. The molecular formula is C30H34F4. The maximum atomic E-state index is 15.0. The quantitative estimate of drug-likeness (QED) is 0.353. The molecule has 0 heterocycles. The van der Waals surface area contributed by atoms with Gasteiger partial charge >= 0.3 is 0 Å². The van der Waals surface area contributed by atoms with E-state index >= 15 is 8.78 Å². The van der Waals surface area contributed by atoms with Crippen molar-refractivity contribution in [3.8, 4) is 11.1 Å². The molecular weight excluding hydrogens is 436 g/mol. The fourth-order valence-corrected chi connectivity index (χ4v) is 5.50. The minimum atomic E-state index is -0.787. The van der Waals surface area contributed by atoms with Crippen molar-refractivity contribution in [1.82, 2.24) is 0 Å². The third kappa shape index (κ3) is 5.31. The minimum absolute atomic E-state index is 0.0930. The summed E-state index contributed by atoms with van der Waals surface area (Å²) in [4.78, 5) is 0. The number of rotatable bonds is 7. The molecule has 34 heavy (non-hydrogen) atoms. The molecule has 4 rings (SSSR count). The van der Waals surface area contributed by atoms with Crippen molar-refractivity contribution in [2.24, 2.45) is 11.8 Å². The summed E-state index contributed by atoms with van der Waals surface area (Å²) in [5.74, 6) is -2.49. The van der Waals surface area contributed by atoms with E-state index in [-0.39, 0.29) is 11.5 Å². The van der Waals surface area contributed by atoms with Crippen molar-refractivity contribution in [3.63, 3.8) is 0 Å². The maximum absolute atomic E-state index is 15.0. The fourth-order valence-electron chi connectivity index (χ4n) is 5.50. The van der Waals surface area contributed by atoms with Crippen molar-refractivity contribution in [2.45, 2.75) is 77.6 Å². The smallest absolute Gasteiger partial charge is 0.166 e. The van der Waals surface area contributed by atoms with E-state index in [9.17, 15) is 8.78 Å². The topological polar surface area (TPSA) is 0 Å². The van der Waals surface area contributed by atoms with Crippen molar-refractivity contribution < 1.29 is 17.6 Å². The van der Waals surface area contributed by atoms with E-state index in [0.717, 1.165) is 37.2 Å². The Bertz CT molecular complexity index is 1060. The van der Waals surface area contributed by atoms with Gasteiger partial charge in [-0.25, -0.2) is 17.6 Å². The molecule has 0 amide bonds. The van der Waals surface area contributed by atoms with Crippen molar-refractivity contribution in [3.05, 3.63) is 82.5 Å². The summed E-state index contributed by atoms with van der Waals surface area (Å²) < 4.78 is 58.1. The van der Waals surface area contributed by atoms with Crippen molar-refractivity contribution in [1.29, 1.82) is 0 Å². The number of aryl methyl sites for hydroxylation is 1. The van der Waals surface area contributed by atoms with E-state index < -0.39 is 29.2 Å². The highest BCUT2D eigenvalue weighted by atomic mass is 19.2. The Morgan fingerprint density at radius 3 is 2.21 bits per heavy atom. The maximum Gasteiger partial charge on any atom is 0.166 e. The van der Waals surface area contributed by atoms with Gasteiger partial charge in [0, 0.05) is 11.5 Å². The summed E-state index contributed by atoms with van der Waals surface area (Å²) in [6.45, 7) is 3.87. The lowest BCUT2D eigenvalue weighted by atomic mass is 9.77. The number of benzene rings is 2. The van der Waals surface area contributed by atoms with Crippen LogP contribution < -0.4 is 0 Å². The molecule has 1 atom stereocenters. The highest BCUT2D eigenvalue weighted by molar-refractivity contribution is 5.65. The molecule has 0 spiro atoms. The summed E-state index contributed by atoms with van der Waals surface area (Å²) in [6.07, 6.45) is 9.65. The second kappa shape index (κ2) is 10.9. The molecule has 0 radical (unpaired) electrons. The lowest BCUT2D eigenvalue weighted by Gasteiger charge is -2.29. The Kier molecular flexibility index (Phi) is 7.95. The van der Waals surface area contributed by atoms with Crippen LogP contribution in [0.1, 0.15) is 82.3 Å². The molecule has 0 aliphatic heterocycles. The third-order valence-corrected chi connectivity index (χ3v) is 7.69. The standard InChI is InChI=1S/C30H34F4/c1-3-4-20-6-12-22(13-7-20)25-17-18-26(30(34)29(25)33)23-14-8-21(9-15-23)10-16-24-11-5-19(2)27(31)28(24)32/h8-9,11,14-15,17-20,22H,3-7,10,12-13,16H2,1-2H3. The number of hydrogen-bond acceptors (Lipinski definition) is 0. The highest BCUT2D eigenvalue weighted by Gasteiger charge is 2.26. The monoisotopic (exact) mass is 470 g/mol. The van der Waals surface area contributed by atoms with E-state index in [0.29, 0.717) is 36.0 Å². The van der Waals surface area contributed by atoms with Crippen LogP contribution in [0.4, 0.5) is 17.6 Å². The molecule has 182 valence electrons. The Labute approximate surface area is 200 Å². The second-order valence-electron chi connectivity index (χ2n) is 10.1. The molecule has 4 heteroatoms. The summed E-state index contributed by atoms with van der Waals surface area (Å²) in [6, 6.07) is 10.7. The van der Waals surface area contributed by atoms with Gasteiger partial charge in [0.2, 0.25) is 0 Å². The molecule has 1 unspecified atom stereocenters. The molecule has 2 aliphatic rings. The molecule has 1 saturated carbocycles. The predicted molar refractivity (Wildman–Crippen MR) is 131 cm³/mol. The first-order valence-electron chi connectivity index (χ1n) is 12.7. The fraction of sp³-hybridized carbons (Fsp3) is 0.467. The molecule has 2 aromatic rings. The van der Waals surface area contributed by atoms with Gasteiger partial charge in [-0.05, 0) is 79.0 Å². The van der Waals surface area contributed by atoms with Gasteiger partial charge in [0.25, 0.3) is 0 Å². The zero-order valence-electron chi connectivity index (χ0n) is 20.1. The average molecular weight is 471 g/mol. The Balaban J connectivity index is 1.42. The summed E-state index contributed by atoms with van der Waals surface area (Å²) >= 11 is 0. The Morgan fingerprint density at radius 1 is 0.824 bits per heavy atom. The van der Waals surface area contributed by atoms with Gasteiger partial charge in [0.05, 0.1) is 0 Å². The van der Waals surface area contributed by atoms with Gasteiger partial charge in [-0.1, -0.05) is 69.2 Å². The zero-order valence-corrected chi connectivity index (χ0v) is 20.1. The van der Waals surface area contributed by atoms with Crippen molar-refractivity contribution >= 4 is 0 Å². The lowest BCUT2D eigenvalue weighted by Crippen LogP contribution is -2.14. The first kappa shape index (κ1) is 24.8. The van der Waals surface area contributed by atoms with Crippen LogP contribution in [0.15, 0.2) is 59.7 Å².